The van der Waals surface area contributed by atoms with Crippen molar-refractivity contribution in [1.29, 1.82) is 0 Å². The number of halogens is 2. The van der Waals surface area contributed by atoms with Crippen molar-refractivity contribution in [1.82, 2.24) is 0 Å². The number of nitrogens with one attached hydrogen (secondary N) is 1. The van der Waals surface area contributed by atoms with Gasteiger partial charge in [-0.2, -0.15) is 0 Å². The van der Waals surface area contributed by atoms with Crippen LogP contribution in [0.4, 0.5) is 10.1 Å². The van der Waals surface area contributed by atoms with Crippen molar-refractivity contribution in [3.63, 3.8) is 0 Å². The molecule has 2 nitrogen and oxygen atoms in total. The molecule has 2 aromatic carbocycles. The van der Waals surface area contributed by atoms with Gasteiger partial charge in [-0.1, -0.05) is 35.9 Å². The summed E-state index contributed by atoms with van der Waals surface area (Å²) in [6.07, 6.45) is 0. The second kappa shape index (κ2) is 6.04. The maximum absolute atomic E-state index is 13.9. The van der Waals surface area contributed by atoms with Gasteiger partial charge in [0.2, 0.25) is 0 Å². The summed E-state index contributed by atoms with van der Waals surface area (Å²) in [5.41, 5.74) is 2.28. The van der Waals surface area contributed by atoms with E-state index >= 15 is 0 Å². The minimum Gasteiger partial charge on any atom is -0.394 e. The quantitative estimate of drug-likeness (QED) is 0.889. The van der Waals surface area contributed by atoms with Crippen LogP contribution in [-0.4, -0.2) is 11.7 Å². The van der Waals surface area contributed by atoms with Gasteiger partial charge in [-0.15, -0.1) is 0 Å². The van der Waals surface area contributed by atoms with Crippen LogP contribution < -0.4 is 5.32 Å². The minimum absolute atomic E-state index is 0.0574. The average Bonchev–Trinajstić information content (AvgIpc) is 2.40. The zero-order valence-electron chi connectivity index (χ0n) is 10.5. The molecule has 0 amide bonds. The molecule has 2 N–H and O–H groups in total. The summed E-state index contributed by atoms with van der Waals surface area (Å²) < 4.78 is 13.9. The van der Waals surface area contributed by atoms with Gasteiger partial charge in [0.15, 0.2) is 0 Å². The third-order valence-electron chi connectivity index (χ3n) is 2.90. The third kappa shape index (κ3) is 3.25. The predicted octanol–water partition coefficient (Wildman–Crippen LogP) is 3.93. The zero-order chi connectivity index (χ0) is 13.8. The zero-order valence-corrected chi connectivity index (χ0v) is 11.3. The highest BCUT2D eigenvalue weighted by Gasteiger charge is 2.16. The lowest BCUT2D eigenvalue weighted by Crippen LogP contribution is -2.16. The van der Waals surface area contributed by atoms with Gasteiger partial charge in [-0.05, 0) is 30.7 Å². The fourth-order valence-corrected chi connectivity index (χ4v) is 2.13. The van der Waals surface area contributed by atoms with Crippen molar-refractivity contribution >= 4 is 17.3 Å². The van der Waals surface area contributed by atoms with Crippen LogP contribution in [0.1, 0.15) is 17.2 Å². The molecule has 1 atom stereocenters. The maximum Gasteiger partial charge on any atom is 0.147 e. The number of benzene rings is 2. The highest BCUT2D eigenvalue weighted by molar-refractivity contribution is 6.30. The second-order valence-electron chi connectivity index (χ2n) is 4.39. The van der Waals surface area contributed by atoms with E-state index in [-0.39, 0.29) is 11.6 Å². The second-order valence-corrected chi connectivity index (χ2v) is 4.80. The van der Waals surface area contributed by atoms with Crippen LogP contribution in [0.3, 0.4) is 0 Å². The smallest absolute Gasteiger partial charge is 0.147 e. The number of aliphatic hydroxyl groups excluding tert-OH is 1. The van der Waals surface area contributed by atoms with E-state index in [9.17, 15) is 9.50 Å². The Morgan fingerprint density at radius 2 is 2.00 bits per heavy atom. The van der Waals surface area contributed by atoms with E-state index in [0.717, 1.165) is 11.3 Å². The number of aryl methyl sites for hydroxylation is 1. The van der Waals surface area contributed by atoms with Crippen LogP contribution in [0.2, 0.25) is 5.02 Å². The summed E-state index contributed by atoms with van der Waals surface area (Å²) in [6.45, 7) is 1.75. The van der Waals surface area contributed by atoms with Gasteiger partial charge in [0.05, 0.1) is 17.7 Å². The summed E-state index contributed by atoms with van der Waals surface area (Å²) in [7, 11) is 0. The normalized spacial score (nSPS) is 12.2. The molecule has 0 saturated carbocycles. The Morgan fingerprint density at radius 3 is 2.68 bits per heavy atom. The summed E-state index contributed by atoms with van der Waals surface area (Å²) in [5.74, 6) is -0.497. The van der Waals surface area contributed by atoms with E-state index in [4.69, 9.17) is 11.6 Å². The monoisotopic (exact) mass is 279 g/mol. The largest absolute Gasteiger partial charge is 0.394 e. The molecule has 0 aliphatic rings. The van der Waals surface area contributed by atoms with Crippen LogP contribution >= 0.6 is 11.6 Å². The van der Waals surface area contributed by atoms with Crippen LogP contribution in [0.25, 0.3) is 0 Å². The lowest BCUT2D eigenvalue weighted by atomic mass is 10.1. The Morgan fingerprint density at radius 1 is 1.26 bits per heavy atom. The molecule has 0 aliphatic carbocycles. The number of anilines is 1. The lowest BCUT2D eigenvalue weighted by Gasteiger charge is -2.19. The first-order valence-corrected chi connectivity index (χ1v) is 6.37. The van der Waals surface area contributed by atoms with Crippen LogP contribution in [0.15, 0.2) is 42.5 Å². The summed E-state index contributed by atoms with van der Waals surface area (Å²) in [6, 6.07) is 11.9. The standard InChI is InChI=1S/C15H15ClFNO/c1-10-4-2-5-11(8-10)18-14(9-19)12-6-3-7-13(16)15(12)17/h2-8,14,18-19H,9H2,1H3. The Balaban J connectivity index is 2.28. The molecular formula is C15H15ClFNO. The first kappa shape index (κ1) is 13.8. The third-order valence-corrected chi connectivity index (χ3v) is 3.19. The molecule has 1 unspecified atom stereocenters. The Hall–Kier alpha value is -1.58. The molecule has 0 saturated heterocycles. The van der Waals surface area contributed by atoms with Crippen LogP contribution in [0, 0.1) is 12.7 Å². The van der Waals surface area contributed by atoms with Crippen molar-refractivity contribution in [2.75, 3.05) is 11.9 Å². The van der Waals surface area contributed by atoms with Crippen molar-refractivity contribution < 1.29 is 9.50 Å². The molecule has 2 rings (SSSR count). The van der Waals surface area contributed by atoms with E-state index in [1.54, 1.807) is 12.1 Å². The van der Waals surface area contributed by atoms with E-state index < -0.39 is 11.9 Å². The molecule has 0 bridgehead atoms. The van der Waals surface area contributed by atoms with Crippen molar-refractivity contribution in [3.05, 3.63) is 64.4 Å². The predicted molar refractivity (Wildman–Crippen MR) is 76.0 cm³/mol. The first-order valence-electron chi connectivity index (χ1n) is 6.00. The molecule has 0 spiro atoms. The molecule has 0 fully saturated rings. The SMILES string of the molecule is Cc1cccc(NC(CO)c2cccc(Cl)c2F)c1. The maximum atomic E-state index is 13.9. The Labute approximate surface area is 116 Å². The van der Waals surface area contributed by atoms with Gasteiger partial charge >= 0.3 is 0 Å². The topological polar surface area (TPSA) is 32.3 Å². The highest BCUT2D eigenvalue weighted by atomic mass is 35.5. The highest BCUT2D eigenvalue weighted by Crippen LogP contribution is 2.26. The van der Waals surface area contributed by atoms with Gasteiger partial charge in [-0.3, -0.25) is 0 Å². The van der Waals surface area contributed by atoms with E-state index in [2.05, 4.69) is 5.32 Å². The molecule has 19 heavy (non-hydrogen) atoms. The van der Waals surface area contributed by atoms with Gasteiger partial charge in [0, 0.05) is 11.3 Å². The summed E-state index contributed by atoms with van der Waals surface area (Å²) in [5, 5.41) is 12.6. The first-order chi connectivity index (χ1) is 9.11. The van der Waals surface area contributed by atoms with E-state index in [1.165, 1.54) is 6.07 Å². The van der Waals surface area contributed by atoms with Crippen molar-refractivity contribution in [2.45, 2.75) is 13.0 Å². The minimum atomic E-state index is -0.527. The number of aliphatic hydroxyl groups is 1. The Kier molecular flexibility index (Phi) is 4.40. The lowest BCUT2D eigenvalue weighted by molar-refractivity contribution is 0.274. The Bertz CT molecular complexity index is 574. The summed E-state index contributed by atoms with van der Waals surface area (Å²) in [4.78, 5) is 0. The molecule has 100 valence electrons. The molecule has 0 radical (unpaired) electrons. The molecular weight excluding hydrogens is 265 g/mol. The van der Waals surface area contributed by atoms with Crippen molar-refractivity contribution in [3.8, 4) is 0 Å². The van der Waals surface area contributed by atoms with E-state index in [1.807, 2.05) is 31.2 Å². The molecule has 0 aliphatic heterocycles. The van der Waals surface area contributed by atoms with Crippen LogP contribution in [0.5, 0.6) is 0 Å². The average molecular weight is 280 g/mol. The molecule has 0 aromatic heterocycles. The van der Waals surface area contributed by atoms with Crippen molar-refractivity contribution in [2.24, 2.45) is 0 Å². The van der Waals surface area contributed by atoms with Gasteiger partial charge in [0.25, 0.3) is 0 Å². The molecule has 0 heterocycles. The van der Waals surface area contributed by atoms with E-state index in [0.29, 0.717) is 5.56 Å². The number of hydrogen-bond acceptors (Lipinski definition) is 2. The molecule has 2 aromatic rings. The fraction of sp³-hybridized carbons (Fsp3) is 0.200. The number of hydrogen-bond donors (Lipinski definition) is 2. The van der Waals surface area contributed by atoms with Gasteiger partial charge in [-0.25, -0.2) is 4.39 Å². The van der Waals surface area contributed by atoms with Gasteiger partial charge < -0.3 is 10.4 Å². The summed E-state index contributed by atoms with van der Waals surface area (Å²) >= 11 is 5.76. The number of rotatable bonds is 4. The van der Waals surface area contributed by atoms with Crippen LogP contribution in [-0.2, 0) is 0 Å². The van der Waals surface area contributed by atoms with Gasteiger partial charge in [0.1, 0.15) is 5.82 Å². The fourth-order valence-electron chi connectivity index (χ4n) is 1.95. The molecule has 4 heteroatoms.